The molecular formula is C20H24FN3S. The van der Waals surface area contributed by atoms with E-state index in [2.05, 4.69) is 46.3 Å². The van der Waals surface area contributed by atoms with Gasteiger partial charge in [-0.25, -0.2) is 4.39 Å². The van der Waals surface area contributed by atoms with Gasteiger partial charge in [0.25, 0.3) is 0 Å². The second-order valence-corrected chi connectivity index (χ2v) is 6.76. The van der Waals surface area contributed by atoms with Crippen LogP contribution in [0.5, 0.6) is 0 Å². The topological polar surface area (TPSA) is 18.5 Å². The van der Waals surface area contributed by atoms with Gasteiger partial charge in [-0.15, -0.1) is 0 Å². The van der Waals surface area contributed by atoms with Gasteiger partial charge in [-0.05, 0) is 54.0 Å². The van der Waals surface area contributed by atoms with Gasteiger partial charge < -0.3 is 10.2 Å². The molecule has 2 aromatic rings. The lowest BCUT2D eigenvalue weighted by Crippen LogP contribution is -2.49. The number of anilines is 1. The molecule has 1 N–H and O–H groups in total. The largest absolute Gasteiger partial charge is 0.346 e. The summed E-state index contributed by atoms with van der Waals surface area (Å²) in [5, 5.41) is 4.10. The van der Waals surface area contributed by atoms with E-state index in [-0.39, 0.29) is 5.82 Å². The maximum atomic E-state index is 13.3. The van der Waals surface area contributed by atoms with Gasteiger partial charge in [0.15, 0.2) is 5.11 Å². The van der Waals surface area contributed by atoms with E-state index in [1.165, 1.54) is 11.6 Å². The Kier molecular flexibility index (Phi) is 6.00. The Labute approximate surface area is 154 Å². The Bertz CT molecular complexity index is 709. The highest BCUT2D eigenvalue weighted by Crippen LogP contribution is 2.13. The number of thiocarbonyl (C=S) groups is 1. The first kappa shape index (κ1) is 17.8. The number of nitrogens with one attached hydrogen (secondary N) is 1. The molecule has 0 aromatic heterocycles. The summed E-state index contributed by atoms with van der Waals surface area (Å²) in [5.74, 6) is -0.171. The highest BCUT2D eigenvalue weighted by atomic mass is 32.1. The molecule has 1 heterocycles. The van der Waals surface area contributed by atoms with Gasteiger partial charge >= 0.3 is 0 Å². The van der Waals surface area contributed by atoms with Gasteiger partial charge in [0.1, 0.15) is 5.82 Å². The molecule has 0 bridgehead atoms. The number of aryl methyl sites for hydroxylation is 1. The number of hydrogen-bond donors (Lipinski definition) is 1. The normalized spacial score (nSPS) is 15.2. The van der Waals surface area contributed by atoms with E-state index in [1.807, 2.05) is 6.07 Å². The fraction of sp³-hybridized carbons (Fsp3) is 0.350. The molecule has 1 aliphatic rings. The third kappa shape index (κ3) is 5.00. The zero-order valence-electron chi connectivity index (χ0n) is 14.5. The van der Waals surface area contributed by atoms with Gasteiger partial charge in [-0.2, -0.15) is 0 Å². The molecule has 1 saturated heterocycles. The summed E-state index contributed by atoms with van der Waals surface area (Å²) >= 11 is 5.55. The average molecular weight is 357 g/mol. The van der Waals surface area contributed by atoms with Crippen LogP contribution in [0.4, 0.5) is 10.1 Å². The first-order valence-electron chi connectivity index (χ1n) is 8.75. The average Bonchev–Trinajstić information content (AvgIpc) is 2.63. The molecule has 5 heteroatoms. The van der Waals surface area contributed by atoms with Crippen LogP contribution in [0.15, 0.2) is 48.5 Å². The van der Waals surface area contributed by atoms with Crippen LogP contribution in [-0.4, -0.2) is 41.1 Å². The van der Waals surface area contributed by atoms with Crippen molar-refractivity contribution in [1.29, 1.82) is 0 Å². The summed E-state index contributed by atoms with van der Waals surface area (Å²) in [6, 6.07) is 15.2. The van der Waals surface area contributed by atoms with Crippen LogP contribution < -0.4 is 5.32 Å². The number of piperazine rings is 1. The van der Waals surface area contributed by atoms with Crippen LogP contribution in [0.2, 0.25) is 0 Å². The molecular weight excluding hydrogens is 333 g/mol. The summed E-state index contributed by atoms with van der Waals surface area (Å²) in [7, 11) is 0. The number of nitrogens with zero attached hydrogens (tertiary/aromatic N) is 2. The second kappa shape index (κ2) is 8.41. The summed E-state index contributed by atoms with van der Waals surface area (Å²) < 4.78 is 13.3. The number of rotatable bonds is 4. The molecule has 0 spiro atoms. The monoisotopic (exact) mass is 357 g/mol. The van der Waals surface area contributed by atoms with Crippen molar-refractivity contribution in [1.82, 2.24) is 9.80 Å². The lowest BCUT2D eigenvalue weighted by Gasteiger charge is -2.36. The molecule has 0 aliphatic carbocycles. The van der Waals surface area contributed by atoms with Crippen LogP contribution in [0.1, 0.15) is 18.1 Å². The van der Waals surface area contributed by atoms with Crippen molar-refractivity contribution in [3.63, 3.8) is 0 Å². The molecule has 0 unspecified atom stereocenters. The Morgan fingerprint density at radius 1 is 1.04 bits per heavy atom. The van der Waals surface area contributed by atoms with Gasteiger partial charge in [0.05, 0.1) is 0 Å². The van der Waals surface area contributed by atoms with Crippen molar-refractivity contribution < 1.29 is 4.39 Å². The van der Waals surface area contributed by atoms with Crippen molar-refractivity contribution in [3.8, 4) is 0 Å². The molecule has 0 saturated carbocycles. The van der Waals surface area contributed by atoms with E-state index in [0.29, 0.717) is 0 Å². The molecule has 0 amide bonds. The Balaban J connectivity index is 1.48. The standard InChI is InChI=1S/C20H24FN3S/c1-2-16-6-8-19(9-7-16)22-20(25)24-12-10-23(11-13-24)15-17-4-3-5-18(21)14-17/h3-9,14H,2,10-13,15H2,1H3,(H,22,25). The SMILES string of the molecule is CCc1ccc(NC(=S)N2CCN(Cc3cccc(F)c3)CC2)cc1. The van der Waals surface area contributed by atoms with E-state index in [4.69, 9.17) is 12.2 Å². The van der Waals surface area contributed by atoms with E-state index >= 15 is 0 Å². The van der Waals surface area contributed by atoms with Crippen LogP contribution in [0.3, 0.4) is 0 Å². The molecule has 1 fully saturated rings. The van der Waals surface area contributed by atoms with Gasteiger partial charge in [0, 0.05) is 38.4 Å². The predicted octanol–water partition coefficient (Wildman–Crippen LogP) is 3.90. The number of halogens is 1. The molecule has 3 rings (SSSR count). The molecule has 2 aromatic carbocycles. The first-order valence-corrected chi connectivity index (χ1v) is 9.16. The third-order valence-corrected chi connectivity index (χ3v) is 4.93. The van der Waals surface area contributed by atoms with E-state index in [0.717, 1.165) is 55.5 Å². The van der Waals surface area contributed by atoms with Crippen molar-refractivity contribution in [3.05, 3.63) is 65.5 Å². The molecule has 0 atom stereocenters. The van der Waals surface area contributed by atoms with Gasteiger partial charge in [-0.1, -0.05) is 31.2 Å². The molecule has 1 aliphatic heterocycles. The summed E-state index contributed by atoms with van der Waals surface area (Å²) in [5.41, 5.74) is 3.37. The third-order valence-electron chi connectivity index (χ3n) is 4.57. The predicted molar refractivity (Wildman–Crippen MR) is 105 cm³/mol. The van der Waals surface area contributed by atoms with Crippen LogP contribution in [-0.2, 0) is 13.0 Å². The minimum Gasteiger partial charge on any atom is -0.346 e. The smallest absolute Gasteiger partial charge is 0.173 e. The lowest BCUT2D eigenvalue weighted by atomic mass is 10.1. The maximum absolute atomic E-state index is 13.3. The van der Waals surface area contributed by atoms with Crippen LogP contribution >= 0.6 is 12.2 Å². The second-order valence-electron chi connectivity index (χ2n) is 6.37. The van der Waals surface area contributed by atoms with E-state index in [1.54, 1.807) is 12.1 Å². The molecule has 3 nitrogen and oxygen atoms in total. The van der Waals surface area contributed by atoms with Crippen molar-refractivity contribution in [2.75, 3.05) is 31.5 Å². The summed E-state index contributed by atoms with van der Waals surface area (Å²) in [4.78, 5) is 4.54. The zero-order valence-corrected chi connectivity index (χ0v) is 15.4. The minimum absolute atomic E-state index is 0.171. The highest BCUT2D eigenvalue weighted by molar-refractivity contribution is 7.80. The van der Waals surface area contributed by atoms with Crippen molar-refractivity contribution >= 4 is 23.0 Å². The number of hydrogen-bond acceptors (Lipinski definition) is 2. The Morgan fingerprint density at radius 2 is 1.76 bits per heavy atom. The van der Waals surface area contributed by atoms with Gasteiger partial charge in [-0.3, -0.25) is 4.90 Å². The quantitative estimate of drug-likeness (QED) is 0.836. The van der Waals surface area contributed by atoms with Crippen LogP contribution in [0.25, 0.3) is 0 Å². The fourth-order valence-electron chi connectivity index (χ4n) is 3.03. The molecule has 132 valence electrons. The first-order chi connectivity index (χ1) is 12.1. The van der Waals surface area contributed by atoms with Crippen molar-refractivity contribution in [2.45, 2.75) is 19.9 Å². The molecule has 0 radical (unpaired) electrons. The Hall–Kier alpha value is -1.98. The molecule has 25 heavy (non-hydrogen) atoms. The summed E-state index contributed by atoms with van der Waals surface area (Å²) in [6.45, 7) is 6.54. The van der Waals surface area contributed by atoms with E-state index in [9.17, 15) is 4.39 Å². The minimum atomic E-state index is -0.171. The van der Waals surface area contributed by atoms with E-state index < -0.39 is 0 Å². The Morgan fingerprint density at radius 3 is 2.40 bits per heavy atom. The van der Waals surface area contributed by atoms with Gasteiger partial charge in [0.2, 0.25) is 0 Å². The zero-order chi connectivity index (χ0) is 17.6. The summed E-state index contributed by atoms with van der Waals surface area (Å²) in [6.07, 6.45) is 1.04. The lowest BCUT2D eigenvalue weighted by molar-refractivity contribution is 0.177. The number of benzene rings is 2. The van der Waals surface area contributed by atoms with Crippen LogP contribution in [0, 0.1) is 5.82 Å². The maximum Gasteiger partial charge on any atom is 0.173 e. The highest BCUT2D eigenvalue weighted by Gasteiger charge is 2.19. The van der Waals surface area contributed by atoms with Crippen molar-refractivity contribution in [2.24, 2.45) is 0 Å². The fourth-order valence-corrected chi connectivity index (χ4v) is 3.33.